The van der Waals surface area contributed by atoms with Crippen molar-refractivity contribution in [1.29, 1.82) is 0 Å². The van der Waals surface area contributed by atoms with Gasteiger partial charge in [0.05, 0.1) is 11.4 Å². The number of carbonyl (C=O) groups is 1. The van der Waals surface area contributed by atoms with Crippen LogP contribution < -0.4 is 5.32 Å². The summed E-state index contributed by atoms with van der Waals surface area (Å²) in [7, 11) is 0. The van der Waals surface area contributed by atoms with Crippen LogP contribution in [0.3, 0.4) is 0 Å². The molecule has 4 heteroatoms. The lowest BCUT2D eigenvalue weighted by Crippen LogP contribution is -2.34. The maximum Gasteiger partial charge on any atom is 0.220 e. The van der Waals surface area contributed by atoms with Gasteiger partial charge in [0.1, 0.15) is 0 Å². The van der Waals surface area contributed by atoms with E-state index < -0.39 is 0 Å². The van der Waals surface area contributed by atoms with E-state index in [0.29, 0.717) is 12.5 Å². The first-order chi connectivity index (χ1) is 13.8. The van der Waals surface area contributed by atoms with Gasteiger partial charge in [-0.2, -0.15) is 0 Å². The van der Waals surface area contributed by atoms with Gasteiger partial charge < -0.3 is 10.3 Å². The first-order valence-corrected chi connectivity index (χ1v) is 10.6. The molecule has 0 saturated heterocycles. The third-order valence-corrected chi connectivity index (χ3v) is 5.79. The van der Waals surface area contributed by atoms with Crippen LogP contribution in [-0.2, 0) is 11.2 Å². The van der Waals surface area contributed by atoms with Crippen LogP contribution in [0.4, 0.5) is 0 Å². The van der Waals surface area contributed by atoms with E-state index in [-0.39, 0.29) is 5.91 Å². The Morgan fingerprint density at radius 3 is 2.61 bits per heavy atom. The van der Waals surface area contributed by atoms with Crippen molar-refractivity contribution in [2.24, 2.45) is 0 Å². The number of pyridine rings is 1. The van der Waals surface area contributed by atoms with Gasteiger partial charge in [0.25, 0.3) is 0 Å². The van der Waals surface area contributed by atoms with Gasteiger partial charge in [-0.25, -0.2) is 0 Å². The molecule has 0 spiro atoms. The van der Waals surface area contributed by atoms with E-state index in [1.807, 2.05) is 30.5 Å². The van der Waals surface area contributed by atoms with E-state index in [2.05, 4.69) is 33.5 Å². The number of carbonyl (C=O) groups excluding carboxylic acids is 1. The van der Waals surface area contributed by atoms with Crippen LogP contribution in [0.25, 0.3) is 22.3 Å². The number of rotatable bonds is 6. The van der Waals surface area contributed by atoms with Crippen molar-refractivity contribution in [2.45, 2.75) is 63.8 Å². The maximum absolute atomic E-state index is 12.4. The molecular weight excluding hydrogens is 346 g/mol. The molecule has 0 aliphatic heterocycles. The van der Waals surface area contributed by atoms with Gasteiger partial charge in [-0.05, 0) is 49.4 Å². The van der Waals surface area contributed by atoms with Crippen molar-refractivity contribution < 1.29 is 4.79 Å². The third kappa shape index (κ3) is 4.44. The highest BCUT2D eigenvalue weighted by Gasteiger charge is 2.16. The van der Waals surface area contributed by atoms with Gasteiger partial charge in [-0.1, -0.05) is 49.9 Å². The monoisotopic (exact) mass is 375 g/mol. The van der Waals surface area contributed by atoms with Gasteiger partial charge in [0, 0.05) is 29.6 Å². The minimum Gasteiger partial charge on any atom is -0.353 e. The molecule has 0 atom stereocenters. The fraction of sp³-hybridized carbons (Fsp3) is 0.417. The summed E-state index contributed by atoms with van der Waals surface area (Å²) in [6, 6.07) is 14.7. The van der Waals surface area contributed by atoms with Gasteiger partial charge in [0.15, 0.2) is 0 Å². The molecule has 4 nitrogen and oxygen atoms in total. The molecule has 3 aromatic rings. The lowest BCUT2D eigenvalue weighted by molar-refractivity contribution is -0.121. The van der Waals surface area contributed by atoms with Crippen LogP contribution in [0.2, 0.25) is 0 Å². The number of benzene rings is 1. The Kier molecular flexibility index (Phi) is 6.05. The molecular formula is C24H29N3O. The Balaban J connectivity index is 1.43. The van der Waals surface area contributed by atoms with Crippen molar-refractivity contribution in [3.8, 4) is 11.4 Å². The van der Waals surface area contributed by atoms with Crippen LogP contribution in [-0.4, -0.2) is 21.9 Å². The highest BCUT2D eigenvalue weighted by molar-refractivity contribution is 5.90. The molecule has 0 bridgehead atoms. The number of fused-ring (bicyclic) bond motifs is 1. The molecule has 2 heterocycles. The second-order valence-electron chi connectivity index (χ2n) is 7.85. The van der Waals surface area contributed by atoms with E-state index in [4.69, 9.17) is 0 Å². The molecule has 1 amide bonds. The Labute approximate surface area is 166 Å². The topological polar surface area (TPSA) is 57.8 Å². The zero-order valence-electron chi connectivity index (χ0n) is 16.4. The Hall–Kier alpha value is -2.62. The Morgan fingerprint density at radius 1 is 1.04 bits per heavy atom. The SMILES string of the molecule is O=C(CCCc1c(-c2ccccn2)[nH]c2ccccc12)NC1CCCCCC1. The number of amides is 1. The highest BCUT2D eigenvalue weighted by Crippen LogP contribution is 2.30. The lowest BCUT2D eigenvalue weighted by Gasteiger charge is -2.16. The molecule has 0 radical (unpaired) electrons. The number of aromatic amines is 1. The number of aryl methyl sites for hydroxylation is 1. The summed E-state index contributed by atoms with van der Waals surface area (Å²) in [5.74, 6) is 0.200. The maximum atomic E-state index is 12.4. The lowest BCUT2D eigenvalue weighted by atomic mass is 10.0. The van der Waals surface area contributed by atoms with Crippen molar-refractivity contribution in [2.75, 3.05) is 0 Å². The van der Waals surface area contributed by atoms with Crippen molar-refractivity contribution in [1.82, 2.24) is 15.3 Å². The average molecular weight is 376 g/mol. The number of hydrogen-bond donors (Lipinski definition) is 2. The van der Waals surface area contributed by atoms with Crippen LogP contribution in [0, 0.1) is 0 Å². The van der Waals surface area contributed by atoms with Gasteiger partial charge in [-0.3, -0.25) is 9.78 Å². The number of H-pyrrole nitrogens is 1. The summed E-state index contributed by atoms with van der Waals surface area (Å²) in [6.07, 6.45) is 11.5. The predicted molar refractivity (Wildman–Crippen MR) is 114 cm³/mol. The number of nitrogens with zero attached hydrogens (tertiary/aromatic N) is 1. The smallest absolute Gasteiger partial charge is 0.220 e. The van der Waals surface area contributed by atoms with Crippen molar-refractivity contribution in [3.63, 3.8) is 0 Å². The zero-order valence-corrected chi connectivity index (χ0v) is 16.4. The molecule has 1 saturated carbocycles. The number of hydrogen-bond acceptors (Lipinski definition) is 2. The number of nitrogens with one attached hydrogen (secondary N) is 2. The second kappa shape index (κ2) is 9.05. The average Bonchev–Trinajstić information content (AvgIpc) is 2.89. The first kappa shape index (κ1) is 18.7. The summed E-state index contributed by atoms with van der Waals surface area (Å²) >= 11 is 0. The van der Waals surface area contributed by atoms with Gasteiger partial charge in [-0.15, -0.1) is 0 Å². The standard InChI is InChI=1S/C24H29N3O/c28-23(26-18-10-3-1-2-4-11-18)16-9-13-20-19-12-5-6-14-21(19)27-24(20)22-15-7-8-17-25-22/h5-8,12,14-15,17-18,27H,1-4,9-11,13,16H2,(H,26,28). The molecule has 28 heavy (non-hydrogen) atoms. The predicted octanol–water partition coefficient (Wildman–Crippen LogP) is 5.39. The molecule has 0 unspecified atom stereocenters. The molecule has 4 rings (SSSR count). The summed E-state index contributed by atoms with van der Waals surface area (Å²) in [5, 5.41) is 4.49. The summed E-state index contributed by atoms with van der Waals surface area (Å²) in [5.41, 5.74) is 4.42. The molecule has 2 N–H and O–H groups in total. The minimum atomic E-state index is 0.200. The summed E-state index contributed by atoms with van der Waals surface area (Å²) < 4.78 is 0. The molecule has 1 aliphatic rings. The number of para-hydroxylation sites is 1. The second-order valence-corrected chi connectivity index (χ2v) is 7.85. The van der Waals surface area contributed by atoms with E-state index in [0.717, 1.165) is 42.6 Å². The normalized spacial score (nSPS) is 15.4. The Bertz CT molecular complexity index is 908. The van der Waals surface area contributed by atoms with Gasteiger partial charge >= 0.3 is 0 Å². The molecule has 2 aromatic heterocycles. The molecule has 1 aromatic carbocycles. The van der Waals surface area contributed by atoms with Crippen molar-refractivity contribution in [3.05, 3.63) is 54.2 Å². The summed E-state index contributed by atoms with van der Waals surface area (Å²) in [6.45, 7) is 0. The van der Waals surface area contributed by atoms with E-state index >= 15 is 0 Å². The first-order valence-electron chi connectivity index (χ1n) is 10.6. The van der Waals surface area contributed by atoms with Crippen LogP contribution in [0.1, 0.15) is 56.9 Å². The Morgan fingerprint density at radius 2 is 1.82 bits per heavy atom. The molecule has 1 fully saturated rings. The van der Waals surface area contributed by atoms with Gasteiger partial charge in [0.2, 0.25) is 5.91 Å². The largest absolute Gasteiger partial charge is 0.353 e. The minimum absolute atomic E-state index is 0.200. The quantitative estimate of drug-likeness (QED) is 0.567. The van der Waals surface area contributed by atoms with Crippen LogP contribution in [0.15, 0.2) is 48.7 Å². The zero-order chi connectivity index (χ0) is 19.2. The third-order valence-electron chi connectivity index (χ3n) is 5.79. The highest BCUT2D eigenvalue weighted by atomic mass is 16.1. The van der Waals surface area contributed by atoms with Crippen LogP contribution >= 0.6 is 0 Å². The number of aromatic nitrogens is 2. The van der Waals surface area contributed by atoms with E-state index in [1.165, 1.54) is 36.6 Å². The van der Waals surface area contributed by atoms with E-state index in [1.54, 1.807) is 0 Å². The van der Waals surface area contributed by atoms with Crippen molar-refractivity contribution >= 4 is 16.8 Å². The fourth-order valence-corrected chi connectivity index (χ4v) is 4.34. The van der Waals surface area contributed by atoms with Crippen LogP contribution in [0.5, 0.6) is 0 Å². The summed E-state index contributed by atoms with van der Waals surface area (Å²) in [4.78, 5) is 20.5. The molecule has 1 aliphatic carbocycles. The fourth-order valence-electron chi connectivity index (χ4n) is 4.34. The van der Waals surface area contributed by atoms with E-state index in [9.17, 15) is 4.79 Å². The molecule has 146 valence electrons.